The molecule has 2 aromatic rings. The molecule has 2 heteroatoms. The van der Waals surface area contributed by atoms with Gasteiger partial charge in [0.05, 0.1) is 11.2 Å². The van der Waals surface area contributed by atoms with E-state index in [0.29, 0.717) is 0 Å². The van der Waals surface area contributed by atoms with Crippen LogP contribution >= 0.6 is 0 Å². The summed E-state index contributed by atoms with van der Waals surface area (Å²) in [5.41, 5.74) is 5.17. The molecule has 2 nitrogen and oxygen atoms in total. The van der Waals surface area contributed by atoms with Crippen molar-refractivity contribution in [1.82, 2.24) is 9.61 Å². The van der Waals surface area contributed by atoms with E-state index in [4.69, 9.17) is 0 Å². The van der Waals surface area contributed by atoms with Gasteiger partial charge in [0.1, 0.15) is 0 Å². The van der Waals surface area contributed by atoms with Crippen LogP contribution in [0.4, 0.5) is 0 Å². The standard InChI is InChI=1S/C14H20N2/c1-6-11-7-10(2)9-16-12(11)8-13(15-16)14(3,4)5/h7-9H,6H2,1-5H3. The Balaban J connectivity index is 2.70. The molecule has 0 unspecified atom stereocenters. The van der Waals surface area contributed by atoms with Crippen LogP contribution in [0.3, 0.4) is 0 Å². The van der Waals surface area contributed by atoms with Gasteiger partial charge in [0.15, 0.2) is 0 Å². The Hall–Kier alpha value is -1.31. The van der Waals surface area contributed by atoms with Gasteiger partial charge in [-0.3, -0.25) is 0 Å². The van der Waals surface area contributed by atoms with Crippen LogP contribution in [0, 0.1) is 6.92 Å². The van der Waals surface area contributed by atoms with Crippen LogP contribution in [0.1, 0.15) is 44.5 Å². The van der Waals surface area contributed by atoms with Crippen molar-refractivity contribution in [3.63, 3.8) is 0 Å². The van der Waals surface area contributed by atoms with E-state index in [9.17, 15) is 0 Å². The van der Waals surface area contributed by atoms with Crippen molar-refractivity contribution >= 4 is 5.52 Å². The third-order valence-electron chi connectivity index (χ3n) is 2.94. The van der Waals surface area contributed by atoms with Crippen molar-refractivity contribution in [2.45, 2.75) is 46.5 Å². The highest BCUT2D eigenvalue weighted by Gasteiger charge is 2.18. The summed E-state index contributed by atoms with van der Waals surface area (Å²) in [5, 5.41) is 4.67. The molecule has 2 heterocycles. The molecule has 0 spiro atoms. The molecule has 0 amide bonds. The molecule has 0 bridgehead atoms. The third kappa shape index (κ3) is 1.84. The predicted octanol–water partition coefficient (Wildman–Crippen LogP) is 3.50. The van der Waals surface area contributed by atoms with Gasteiger partial charge in [0, 0.05) is 11.6 Å². The molecule has 0 fully saturated rings. The van der Waals surface area contributed by atoms with Gasteiger partial charge in [0.25, 0.3) is 0 Å². The van der Waals surface area contributed by atoms with Crippen LogP contribution < -0.4 is 0 Å². The molecule has 0 aliphatic heterocycles. The van der Waals surface area contributed by atoms with Gasteiger partial charge in [-0.25, -0.2) is 4.52 Å². The lowest BCUT2D eigenvalue weighted by atomic mass is 9.92. The van der Waals surface area contributed by atoms with Crippen molar-refractivity contribution in [2.75, 3.05) is 0 Å². The Bertz CT molecular complexity index is 515. The third-order valence-corrected chi connectivity index (χ3v) is 2.94. The Morgan fingerprint density at radius 3 is 2.50 bits per heavy atom. The molecule has 2 rings (SSSR count). The number of rotatable bonds is 1. The van der Waals surface area contributed by atoms with Gasteiger partial charge in [0.2, 0.25) is 0 Å². The maximum absolute atomic E-state index is 4.67. The summed E-state index contributed by atoms with van der Waals surface area (Å²) in [7, 11) is 0. The minimum absolute atomic E-state index is 0.116. The Labute approximate surface area is 97.3 Å². The highest BCUT2D eigenvalue weighted by molar-refractivity contribution is 5.57. The monoisotopic (exact) mass is 216 g/mol. The number of pyridine rings is 1. The van der Waals surface area contributed by atoms with Crippen LogP contribution in [0.5, 0.6) is 0 Å². The fourth-order valence-corrected chi connectivity index (χ4v) is 1.96. The van der Waals surface area contributed by atoms with Crippen LogP contribution in [0.15, 0.2) is 18.3 Å². The Kier molecular flexibility index (Phi) is 2.53. The summed E-state index contributed by atoms with van der Waals surface area (Å²) < 4.78 is 2.02. The lowest BCUT2D eigenvalue weighted by Gasteiger charge is -2.13. The van der Waals surface area contributed by atoms with Crippen molar-refractivity contribution in [3.05, 3.63) is 35.2 Å². The number of hydrogen-bond donors (Lipinski definition) is 0. The summed E-state index contributed by atoms with van der Waals surface area (Å²) in [4.78, 5) is 0. The number of aromatic nitrogens is 2. The summed E-state index contributed by atoms with van der Waals surface area (Å²) in [6.45, 7) is 10.9. The topological polar surface area (TPSA) is 17.3 Å². The second kappa shape index (κ2) is 3.62. The van der Waals surface area contributed by atoms with Gasteiger partial charge in [-0.15, -0.1) is 0 Å². The van der Waals surface area contributed by atoms with Gasteiger partial charge in [-0.2, -0.15) is 5.10 Å². The molecule has 86 valence electrons. The van der Waals surface area contributed by atoms with Gasteiger partial charge in [-0.05, 0) is 30.5 Å². The van der Waals surface area contributed by atoms with E-state index in [1.165, 1.54) is 16.6 Å². The summed E-state index contributed by atoms with van der Waals surface area (Å²) in [6.07, 6.45) is 3.16. The van der Waals surface area contributed by atoms with Gasteiger partial charge >= 0.3 is 0 Å². The smallest absolute Gasteiger partial charge is 0.0696 e. The van der Waals surface area contributed by atoms with E-state index in [1.807, 2.05) is 4.52 Å². The lowest BCUT2D eigenvalue weighted by Crippen LogP contribution is -2.11. The van der Waals surface area contributed by atoms with E-state index in [2.05, 4.69) is 58.0 Å². The molecule has 0 aliphatic carbocycles. The first-order valence-electron chi connectivity index (χ1n) is 5.91. The van der Waals surface area contributed by atoms with Crippen LogP contribution in [-0.2, 0) is 11.8 Å². The number of aryl methyl sites for hydroxylation is 2. The highest BCUT2D eigenvalue weighted by Crippen LogP contribution is 2.24. The van der Waals surface area contributed by atoms with Crippen molar-refractivity contribution in [3.8, 4) is 0 Å². The average molecular weight is 216 g/mol. The van der Waals surface area contributed by atoms with Gasteiger partial charge < -0.3 is 0 Å². The minimum atomic E-state index is 0.116. The van der Waals surface area contributed by atoms with Crippen molar-refractivity contribution in [2.24, 2.45) is 0 Å². The van der Waals surface area contributed by atoms with Crippen molar-refractivity contribution in [1.29, 1.82) is 0 Å². The molecule has 0 aromatic carbocycles. The number of hydrogen-bond acceptors (Lipinski definition) is 1. The Morgan fingerprint density at radius 1 is 1.25 bits per heavy atom. The first-order valence-corrected chi connectivity index (χ1v) is 5.91. The molecule has 0 atom stereocenters. The fourth-order valence-electron chi connectivity index (χ4n) is 1.96. The van der Waals surface area contributed by atoms with E-state index in [0.717, 1.165) is 12.1 Å². The largest absolute Gasteiger partial charge is 0.240 e. The summed E-state index contributed by atoms with van der Waals surface area (Å²) >= 11 is 0. The van der Waals surface area contributed by atoms with E-state index in [-0.39, 0.29) is 5.41 Å². The maximum Gasteiger partial charge on any atom is 0.0696 e. The van der Waals surface area contributed by atoms with E-state index in [1.54, 1.807) is 0 Å². The van der Waals surface area contributed by atoms with Crippen LogP contribution in [0.2, 0.25) is 0 Å². The highest BCUT2D eigenvalue weighted by atomic mass is 15.2. The minimum Gasteiger partial charge on any atom is -0.240 e. The first-order chi connectivity index (χ1) is 7.41. The second-order valence-electron chi connectivity index (χ2n) is 5.51. The number of fused-ring (bicyclic) bond motifs is 1. The van der Waals surface area contributed by atoms with Crippen LogP contribution in [0.25, 0.3) is 5.52 Å². The van der Waals surface area contributed by atoms with Crippen molar-refractivity contribution < 1.29 is 0 Å². The molecule has 0 aliphatic rings. The normalized spacial score (nSPS) is 12.3. The Morgan fingerprint density at radius 2 is 1.94 bits per heavy atom. The first kappa shape index (κ1) is 11.2. The molecule has 0 saturated heterocycles. The van der Waals surface area contributed by atoms with E-state index < -0.39 is 0 Å². The zero-order valence-electron chi connectivity index (χ0n) is 10.8. The molecule has 2 aromatic heterocycles. The molecular formula is C14H20N2. The van der Waals surface area contributed by atoms with Gasteiger partial charge in [-0.1, -0.05) is 33.8 Å². The second-order valence-corrected chi connectivity index (χ2v) is 5.51. The molecule has 0 saturated carbocycles. The SMILES string of the molecule is CCc1cc(C)cn2nc(C(C)(C)C)cc12. The van der Waals surface area contributed by atoms with E-state index >= 15 is 0 Å². The molecule has 16 heavy (non-hydrogen) atoms. The average Bonchev–Trinajstić information content (AvgIpc) is 2.59. The lowest BCUT2D eigenvalue weighted by molar-refractivity contribution is 0.562. The maximum atomic E-state index is 4.67. The predicted molar refractivity (Wildman–Crippen MR) is 68.0 cm³/mol. The summed E-state index contributed by atoms with van der Waals surface area (Å²) in [5.74, 6) is 0. The zero-order valence-corrected chi connectivity index (χ0v) is 10.8. The zero-order chi connectivity index (χ0) is 11.9. The molecule has 0 radical (unpaired) electrons. The van der Waals surface area contributed by atoms with Crippen LogP contribution in [-0.4, -0.2) is 9.61 Å². The molecular weight excluding hydrogens is 196 g/mol. The summed E-state index contributed by atoms with van der Waals surface area (Å²) in [6, 6.07) is 4.47. The quantitative estimate of drug-likeness (QED) is 0.713. The fraction of sp³-hybridized carbons (Fsp3) is 0.500. The molecule has 0 N–H and O–H groups in total. The number of nitrogens with zero attached hydrogens (tertiary/aromatic N) is 2.